The van der Waals surface area contributed by atoms with Gasteiger partial charge in [0.05, 0.1) is 7.11 Å². The topological polar surface area (TPSA) is 9.23 Å². The number of para-hydroxylation sites is 1. The molecule has 0 aromatic heterocycles. The zero-order valence-corrected chi connectivity index (χ0v) is 6.05. The molecule has 0 atom stereocenters. The van der Waals surface area contributed by atoms with E-state index in [4.69, 9.17) is 4.74 Å². The van der Waals surface area contributed by atoms with Gasteiger partial charge in [-0.05, 0) is 6.07 Å². The lowest BCUT2D eigenvalue weighted by Crippen LogP contribution is -2.21. The van der Waals surface area contributed by atoms with Gasteiger partial charge in [-0.1, -0.05) is 18.2 Å². The molecule has 0 unspecified atom stereocenters. The van der Waals surface area contributed by atoms with Crippen molar-refractivity contribution in [2.75, 3.05) is 7.11 Å². The molecule has 0 radical (unpaired) electrons. The maximum absolute atomic E-state index is 12.1. The van der Waals surface area contributed by atoms with Crippen molar-refractivity contribution < 1.29 is 13.4 Å². The minimum absolute atomic E-state index is 0.0602. The number of hydrogen-bond acceptors (Lipinski definition) is 1. The molecule has 0 aliphatic heterocycles. The molecule has 0 heterocycles. The SMILES string of the molecule is COc1ccccc1B(F)F. The Bertz CT molecular complexity index is 240. The second kappa shape index (κ2) is 3.37. The van der Waals surface area contributed by atoms with Gasteiger partial charge in [0.25, 0.3) is 0 Å². The van der Waals surface area contributed by atoms with Gasteiger partial charge in [0, 0.05) is 5.46 Å². The lowest BCUT2D eigenvalue weighted by atomic mass is 9.85. The second-order valence-electron chi connectivity index (χ2n) is 2.04. The van der Waals surface area contributed by atoms with Gasteiger partial charge in [-0.15, -0.1) is 0 Å². The summed E-state index contributed by atoms with van der Waals surface area (Å²) in [6, 6.07) is 6.08. The Balaban J connectivity index is 3.02. The normalized spacial score (nSPS) is 9.36. The van der Waals surface area contributed by atoms with Crippen LogP contribution in [0.2, 0.25) is 0 Å². The summed E-state index contributed by atoms with van der Waals surface area (Å²) in [5.74, 6) is 0.238. The van der Waals surface area contributed by atoms with Crippen molar-refractivity contribution in [1.82, 2.24) is 0 Å². The number of halogens is 2. The predicted molar refractivity (Wildman–Crippen MR) is 40.6 cm³/mol. The van der Waals surface area contributed by atoms with Crippen molar-refractivity contribution in [1.29, 1.82) is 0 Å². The van der Waals surface area contributed by atoms with E-state index in [0.29, 0.717) is 0 Å². The maximum Gasteiger partial charge on any atom is 0.575 e. The molecule has 0 fully saturated rings. The van der Waals surface area contributed by atoms with Gasteiger partial charge < -0.3 is 4.74 Å². The molecule has 1 aromatic carbocycles. The first-order chi connectivity index (χ1) is 5.25. The van der Waals surface area contributed by atoms with Crippen LogP contribution >= 0.6 is 0 Å². The molecule has 0 spiro atoms. The number of hydrogen-bond donors (Lipinski definition) is 0. The summed E-state index contributed by atoms with van der Waals surface area (Å²) in [6.45, 7) is 0. The summed E-state index contributed by atoms with van der Waals surface area (Å²) in [5, 5.41) is 0. The van der Waals surface area contributed by atoms with E-state index in [2.05, 4.69) is 0 Å². The van der Waals surface area contributed by atoms with Gasteiger partial charge in [-0.3, -0.25) is 8.63 Å². The first-order valence-electron chi connectivity index (χ1n) is 3.16. The number of benzene rings is 1. The van der Waals surface area contributed by atoms with Crippen LogP contribution in [0.25, 0.3) is 0 Å². The van der Waals surface area contributed by atoms with Gasteiger partial charge in [0.1, 0.15) is 5.75 Å². The minimum atomic E-state index is -2.47. The van der Waals surface area contributed by atoms with Gasteiger partial charge in [0.2, 0.25) is 0 Å². The average molecular weight is 156 g/mol. The molecule has 1 aromatic rings. The van der Waals surface area contributed by atoms with Crippen LogP contribution in [-0.4, -0.2) is 14.4 Å². The lowest BCUT2D eigenvalue weighted by molar-refractivity contribution is 0.417. The first kappa shape index (κ1) is 8.05. The second-order valence-corrected chi connectivity index (χ2v) is 2.04. The summed E-state index contributed by atoms with van der Waals surface area (Å²) in [5.41, 5.74) is -0.0602. The molecule has 0 N–H and O–H groups in total. The molecule has 0 saturated heterocycles. The number of methoxy groups -OCH3 is 1. The summed E-state index contributed by atoms with van der Waals surface area (Å²) in [6.07, 6.45) is 0. The minimum Gasteiger partial charge on any atom is -0.497 e. The van der Waals surface area contributed by atoms with Crippen molar-refractivity contribution in [3.05, 3.63) is 24.3 Å². The van der Waals surface area contributed by atoms with Gasteiger partial charge in [-0.25, -0.2) is 0 Å². The standard InChI is InChI=1S/C7H7BF2O/c1-11-7-5-3-2-4-6(7)8(9)10/h2-5H,1H3. The van der Waals surface area contributed by atoms with Crippen LogP contribution in [0, 0.1) is 0 Å². The van der Waals surface area contributed by atoms with Gasteiger partial charge in [-0.2, -0.15) is 0 Å². The highest BCUT2D eigenvalue weighted by molar-refractivity contribution is 6.61. The van der Waals surface area contributed by atoms with Crippen LogP contribution in [-0.2, 0) is 0 Å². The Morgan fingerprint density at radius 3 is 2.36 bits per heavy atom. The van der Waals surface area contributed by atoms with Crippen LogP contribution in [0.1, 0.15) is 0 Å². The largest absolute Gasteiger partial charge is 0.575 e. The highest BCUT2D eigenvalue weighted by atomic mass is 19.2. The van der Waals surface area contributed by atoms with E-state index in [1.54, 1.807) is 12.1 Å². The fourth-order valence-electron chi connectivity index (χ4n) is 0.847. The zero-order chi connectivity index (χ0) is 8.27. The van der Waals surface area contributed by atoms with Crippen molar-refractivity contribution >= 4 is 12.7 Å². The molecule has 0 aliphatic carbocycles. The molecule has 4 heteroatoms. The van der Waals surface area contributed by atoms with Gasteiger partial charge in [0.15, 0.2) is 0 Å². The Kier molecular flexibility index (Phi) is 2.46. The van der Waals surface area contributed by atoms with Crippen LogP contribution in [0.5, 0.6) is 5.75 Å². The summed E-state index contributed by atoms with van der Waals surface area (Å²) in [7, 11) is -1.09. The number of ether oxygens (including phenoxy) is 1. The van der Waals surface area contributed by atoms with Crippen molar-refractivity contribution in [3.8, 4) is 5.75 Å². The fourth-order valence-corrected chi connectivity index (χ4v) is 0.847. The average Bonchev–Trinajstić information content (AvgIpc) is 2.04. The molecular formula is C7H7BF2O. The van der Waals surface area contributed by atoms with E-state index in [0.717, 1.165) is 0 Å². The Hall–Kier alpha value is -1.06. The Morgan fingerprint density at radius 1 is 1.27 bits per heavy atom. The molecule has 0 saturated carbocycles. The molecule has 58 valence electrons. The lowest BCUT2D eigenvalue weighted by Gasteiger charge is -2.03. The molecule has 0 bridgehead atoms. The molecular weight excluding hydrogens is 149 g/mol. The highest BCUT2D eigenvalue weighted by Gasteiger charge is 2.19. The van der Waals surface area contributed by atoms with Crippen LogP contribution in [0.4, 0.5) is 8.63 Å². The van der Waals surface area contributed by atoms with Crippen molar-refractivity contribution in [3.63, 3.8) is 0 Å². The van der Waals surface area contributed by atoms with Crippen LogP contribution in [0.3, 0.4) is 0 Å². The monoisotopic (exact) mass is 156 g/mol. The molecule has 0 amide bonds. The smallest absolute Gasteiger partial charge is 0.497 e. The Labute approximate surface area is 64.2 Å². The third kappa shape index (κ3) is 1.70. The first-order valence-corrected chi connectivity index (χ1v) is 3.16. The van der Waals surface area contributed by atoms with E-state index in [1.165, 1.54) is 19.2 Å². The van der Waals surface area contributed by atoms with Gasteiger partial charge >= 0.3 is 7.27 Å². The summed E-state index contributed by atoms with van der Waals surface area (Å²) in [4.78, 5) is 0. The van der Waals surface area contributed by atoms with Crippen LogP contribution in [0.15, 0.2) is 24.3 Å². The van der Waals surface area contributed by atoms with E-state index in [9.17, 15) is 8.63 Å². The summed E-state index contributed by atoms with van der Waals surface area (Å²) < 4.78 is 29.0. The van der Waals surface area contributed by atoms with E-state index in [-0.39, 0.29) is 11.2 Å². The fraction of sp³-hybridized carbons (Fsp3) is 0.143. The molecule has 1 nitrogen and oxygen atoms in total. The molecule has 0 aliphatic rings. The summed E-state index contributed by atoms with van der Waals surface area (Å²) >= 11 is 0. The maximum atomic E-state index is 12.1. The van der Waals surface area contributed by atoms with Crippen molar-refractivity contribution in [2.24, 2.45) is 0 Å². The van der Waals surface area contributed by atoms with Crippen molar-refractivity contribution in [2.45, 2.75) is 0 Å². The van der Waals surface area contributed by atoms with E-state index >= 15 is 0 Å². The zero-order valence-electron chi connectivity index (χ0n) is 6.05. The molecule has 11 heavy (non-hydrogen) atoms. The third-order valence-electron chi connectivity index (χ3n) is 1.37. The number of rotatable bonds is 2. The van der Waals surface area contributed by atoms with E-state index in [1.807, 2.05) is 0 Å². The van der Waals surface area contributed by atoms with E-state index < -0.39 is 7.27 Å². The quantitative estimate of drug-likeness (QED) is 0.586. The third-order valence-corrected chi connectivity index (χ3v) is 1.37. The van der Waals surface area contributed by atoms with Crippen LogP contribution < -0.4 is 10.2 Å². The highest BCUT2D eigenvalue weighted by Crippen LogP contribution is 2.07. The molecule has 1 rings (SSSR count). The predicted octanol–water partition coefficient (Wildman–Crippen LogP) is 1.33. The Morgan fingerprint density at radius 2 is 1.91 bits per heavy atom.